The Hall–Kier alpha value is -1.25. The summed E-state index contributed by atoms with van der Waals surface area (Å²) in [7, 11) is 2.08. The van der Waals surface area contributed by atoms with Crippen LogP contribution in [0.4, 0.5) is 0 Å². The molecule has 2 atom stereocenters. The molecule has 2 heteroatoms. The predicted octanol–water partition coefficient (Wildman–Crippen LogP) is 5.47. The first-order chi connectivity index (χ1) is 11.2. The maximum atomic E-state index is 3.50. The van der Waals surface area contributed by atoms with Gasteiger partial charge < -0.3 is 5.32 Å². The molecule has 23 heavy (non-hydrogen) atoms. The highest BCUT2D eigenvalue weighted by Crippen LogP contribution is 2.42. The van der Waals surface area contributed by atoms with Gasteiger partial charge >= 0.3 is 0 Å². The van der Waals surface area contributed by atoms with Crippen LogP contribution in [0.1, 0.15) is 59.5 Å². The fourth-order valence-electron chi connectivity index (χ4n) is 3.92. The van der Waals surface area contributed by atoms with E-state index in [1.165, 1.54) is 45.6 Å². The third-order valence-corrected chi connectivity index (χ3v) is 6.01. The van der Waals surface area contributed by atoms with Crippen molar-refractivity contribution in [2.45, 2.75) is 50.0 Å². The Labute approximate surface area is 144 Å². The van der Waals surface area contributed by atoms with E-state index in [-0.39, 0.29) is 0 Å². The number of rotatable bonds is 4. The fraction of sp³-hybridized carbons (Fsp3) is 0.429. The van der Waals surface area contributed by atoms with Crippen LogP contribution in [-0.4, -0.2) is 13.3 Å². The SMILES string of the molecule is CCc1ccc(C2CCC(NC)c3cc(SC)ccc32)cc1C. The molecule has 0 heterocycles. The Morgan fingerprint density at radius 3 is 2.57 bits per heavy atom. The van der Waals surface area contributed by atoms with Gasteiger partial charge in [0.2, 0.25) is 0 Å². The first-order valence-electron chi connectivity index (χ1n) is 8.62. The van der Waals surface area contributed by atoms with E-state index in [2.05, 4.69) is 68.9 Å². The first-order valence-corrected chi connectivity index (χ1v) is 9.85. The van der Waals surface area contributed by atoms with Crippen LogP contribution in [0.5, 0.6) is 0 Å². The molecule has 1 nitrogen and oxygen atoms in total. The van der Waals surface area contributed by atoms with Crippen molar-refractivity contribution >= 4 is 11.8 Å². The van der Waals surface area contributed by atoms with E-state index >= 15 is 0 Å². The van der Waals surface area contributed by atoms with Gasteiger partial charge in [0.25, 0.3) is 0 Å². The molecule has 0 amide bonds. The summed E-state index contributed by atoms with van der Waals surface area (Å²) in [6.45, 7) is 4.48. The second kappa shape index (κ2) is 7.11. The Kier molecular flexibility index (Phi) is 5.13. The summed E-state index contributed by atoms with van der Waals surface area (Å²) < 4.78 is 0. The summed E-state index contributed by atoms with van der Waals surface area (Å²) in [6.07, 6.45) is 5.71. The predicted molar refractivity (Wildman–Crippen MR) is 102 cm³/mol. The average molecular weight is 326 g/mol. The van der Waals surface area contributed by atoms with Crippen LogP contribution in [0.2, 0.25) is 0 Å². The molecule has 0 saturated heterocycles. The molecule has 0 fully saturated rings. The van der Waals surface area contributed by atoms with E-state index in [4.69, 9.17) is 0 Å². The Balaban J connectivity index is 2.04. The van der Waals surface area contributed by atoms with Gasteiger partial charge in [0.15, 0.2) is 0 Å². The minimum Gasteiger partial charge on any atom is -0.313 e. The Morgan fingerprint density at radius 2 is 1.91 bits per heavy atom. The fourth-order valence-corrected chi connectivity index (χ4v) is 4.37. The smallest absolute Gasteiger partial charge is 0.0321 e. The Bertz CT molecular complexity index is 692. The van der Waals surface area contributed by atoms with Gasteiger partial charge in [-0.3, -0.25) is 0 Å². The molecule has 2 unspecified atom stereocenters. The van der Waals surface area contributed by atoms with E-state index in [1.807, 2.05) is 11.8 Å². The molecule has 0 saturated carbocycles. The van der Waals surface area contributed by atoms with Crippen molar-refractivity contribution in [3.63, 3.8) is 0 Å². The summed E-state index contributed by atoms with van der Waals surface area (Å²) in [5.41, 5.74) is 7.39. The van der Waals surface area contributed by atoms with Gasteiger partial charge in [0.05, 0.1) is 0 Å². The molecule has 2 aromatic rings. The van der Waals surface area contributed by atoms with Crippen LogP contribution >= 0.6 is 11.8 Å². The minimum atomic E-state index is 0.490. The van der Waals surface area contributed by atoms with Crippen LogP contribution in [0.3, 0.4) is 0 Å². The zero-order chi connectivity index (χ0) is 16.4. The van der Waals surface area contributed by atoms with Gasteiger partial charge in [0.1, 0.15) is 0 Å². The lowest BCUT2D eigenvalue weighted by molar-refractivity contribution is 0.469. The maximum Gasteiger partial charge on any atom is 0.0321 e. The zero-order valence-corrected chi connectivity index (χ0v) is 15.5. The summed E-state index contributed by atoms with van der Waals surface area (Å²) >= 11 is 1.83. The molecule has 0 aliphatic heterocycles. The number of nitrogens with one attached hydrogen (secondary N) is 1. The van der Waals surface area contributed by atoms with Gasteiger partial charge in [-0.2, -0.15) is 0 Å². The van der Waals surface area contributed by atoms with Gasteiger partial charge in [-0.15, -0.1) is 11.8 Å². The van der Waals surface area contributed by atoms with Gasteiger partial charge in [-0.1, -0.05) is 31.2 Å². The summed E-state index contributed by atoms with van der Waals surface area (Å²) in [6, 6.07) is 14.6. The highest BCUT2D eigenvalue weighted by atomic mass is 32.2. The third kappa shape index (κ3) is 3.20. The molecule has 1 N–H and O–H groups in total. The van der Waals surface area contributed by atoms with Crippen LogP contribution in [0.25, 0.3) is 0 Å². The van der Waals surface area contributed by atoms with Gasteiger partial charge in [-0.25, -0.2) is 0 Å². The molecule has 0 bridgehead atoms. The number of fused-ring (bicyclic) bond motifs is 1. The quantitative estimate of drug-likeness (QED) is 0.749. The van der Waals surface area contributed by atoms with Crippen molar-refractivity contribution in [2.75, 3.05) is 13.3 Å². The Morgan fingerprint density at radius 1 is 1.09 bits per heavy atom. The van der Waals surface area contributed by atoms with Crippen molar-refractivity contribution in [2.24, 2.45) is 0 Å². The van der Waals surface area contributed by atoms with Crippen molar-refractivity contribution < 1.29 is 0 Å². The monoisotopic (exact) mass is 325 g/mol. The topological polar surface area (TPSA) is 12.0 Å². The maximum absolute atomic E-state index is 3.50. The molecule has 0 aromatic heterocycles. The van der Waals surface area contributed by atoms with E-state index in [0.29, 0.717) is 12.0 Å². The van der Waals surface area contributed by atoms with Crippen molar-refractivity contribution in [1.29, 1.82) is 0 Å². The molecular weight excluding hydrogens is 298 g/mol. The summed E-state index contributed by atoms with van der Waals surface area (Å²) in [5, 5.41) is 3.50. The van der Waals surface area contributed by atoms with Crippen LogP contribution in [0, 0.1) is 6.92 Å². The summed E-state index contributed by atoms with van der Waals surface area (Å²) in [5.74, 6) is 0.537. The standard InChI is InChI=1S/C21H27NS/c1-5-15-6-7-16(12-14(15)2)18-10-11-21(22-3)20-13-17(23-4)8-9-19(18)20/h6-9,12-13,18,21-22H,5,10-11H2,1-4H3. The molecular formula is C21H27NS. The molecule has 0 spiro atoms. The lowest BCUT2D eigenvalue weighted by Crippen LogP contribution is -2.24. The van der Waals surface area contributed by atoms with Crippen molar-refractivity contribution in [3.05, 3.63) is 64.2 Å². The number of hydrogen-bond acceptors (Lipinski definition) is 2. The van der Waals surface area contributed by atoms with Gasteiger partial charge in [0, 0.05) is 16.9 Å². The minimum absolute atomic E-state index is 0.490. The number of aryl methyl sites for hydroxylation is 2. The van der Waals surface area contributed by atoms with Crippen molar-refractivity contribution in [1.82, 2.24) is 5.32 Å². The molecule has 0 radical (unpaired) electrons. The molecule has 3 rings (SSSR count). The highest BCUT2D eigenvalue weighted by molar-refractivity contribution is 7.98. The number of benzene rings is 2. The second-order valence-corrected chi connectivity index (χ2v) is 7.39. The normalized spacial score (nSPS) is 20.3. The summed E-state index contributed by atoms with van der Waals surface area (Å²) in [4.78, 5) is 1.36. The van der Waals surface area contributed by atoms with Crippen LogP contribution in [0.15, 0.2) is 41.3 Å². The number of thioether (sulfide) groups is 1. The lowest BCUT2D eigenvalue weighted by atomic mass is 9.76. The second-order valence-electron chi connectivity index (χ2n) is 6.51. The largest absolute Gasteiger partial charge is 0.313 e. The highest BCUT2D eigenvalue weighted by Gasteiger charge is 2.27. The first kappa shape index (κ1) is 16.6. The zero-order valence-electron chi connectivity index (χ0n) is 14.6. The molecule has 122 valence electrons. The van der Waals surface area contributed by atoms with Crippen LogP contribution in [-0.2, 0) is 6.42 Å². The van der Waals surface area contributed by atoms with E-state index in [1.54, 1.807) is 0 Å². The van der Waals surface area contributed by atoms with E-state index in [0.717, 1.165) is 6.42 Å². The van der Waals surface area contributed by atoms with Crippen LogP contribution < -0.4 is 5.32 Å². The van der Waals surface area contributed by atoms with E-state index in [9.17, 15) is 0 Å². The van der Waals surface area contributed by atoms with E-state index < -0.39 is 0 Å². The average Bonchev–Trinajstić information content (AvgIpc) is 2.60. The molecule has 1 aliphatic rings. The molecule has 1 aliphatic carbocycles. The third-order valence-electron chi connectivity index (χ3n) is 5.29. The lowest BCUT2D eigenvalue weighted by Gasteiger charge is -2.32. The molecule has 2 aromatic carbocycles. The number of hydrogen-bond donors (Lipinski definition) is 1. The van der Waals surface area contributed by atoms with Gasteiger partial charge in [-0.05, 0) is 79.4 Å². The van der Waals surface area contributed by atoms with Crippen molar-refractivity contribution in [3.8, 4) is 0 Å².